The van der Waals surface area contributed by atoms with Crippen molar-refractivity contribution in [3.63, 3.8) is 0 Å². The molecule has 89 heavy (non-hydrogen) atoms. The highest BCUT2D eigenvalue weighted by atomic mass is 19.1. The van der Waals surface area contributed by atoms with E-state index in [-0.39, 0.29) is 73.9 Å². The topological polar surface area (TPSA) is 212 Å². The van der Waals surface area contributed by atoms with Crippen LogP contribution < -0.4 is 20.9 Å². The standard InChI is InChI=1S/C66H84F3N9O11/c1-39-32-75(48(34-74-25-28-87-37-40(74)2)35-76(39)63(85)89-65(7,8)9)36-54(79)78-38-66(10,50-22-17-43(30-53(50)78)29-42-15-19-46(67)20-16-42)61(83)70-47-21-18-45-33-77(57(49(45)31-47)59(81)72-56-51(68)13-12-14-52(56)69)60(82)55(44-23-26-86-27-24-44)71-58(80)41(3)73(11)62(84)88-64(4,5)6/h12-22,30-31,39-41,44,48,55,57H,23-29,32-38H2,1-11H3,(H,70,83)(H,71,80)(H,72,81)/t39-,40-,41?,48+,55?,57+,66+/m1/s1. The molecule has 3 fully saturated rings. The SMILES string of the molecule is CC(C(=O)NC(C(=O)N1Cc2ccc(NC(=O)[C@@]3(C)CN(C(=O)CN4C[C@@H](C)N(C(=O)OC(C)(C)C)C[C@@H]4CN4CCOC[C@H]4C)c4cc(Cc5ccc(F)cc5)ccc43)cc2[C@H]1C(=O)Nc1c(F)cccc1F)C1CCOCC1)N(C)C(=O)OC(C)(C)C. The van der Waals surface area contributed by atoms with Crippen LogP contribution in [0.4, 0.5) is 39.8 Å². The molecular weight excluding hydrogens is 1150 g/mol. The Balaban J connectivity index is 1.02. The maximum absolute atomic E-state index is 15.4. The van der Waals surface area contributed by atoms with Crippen molar-refractivity contribution in [1.29, 1.82) is 0 Å². The van der Waals surface area contributed by atoms with E-state index in [4.69, 9.17) is 18.9 Å². The highest BCUT2D eigenvalue weighted by Gasteiger charge is 2.49. The Labute approximate surface area is 518 Å². The van der Waals surface area contributed by atoms with Gasteiger partial charge in [0.25, 0.3) is 5.91 Å². The highest BCUT2D eigenvalue weighted by Crippen LogP contribution is 2.44. The molecular formula is C66H84F3N9O11. The van der Waals surface area contributed by atoms with Gasteiger partial charge in [-0.2, -0.15) is 0 Å². The van der Waals surface area contributed by atoms with Crippen LogP contribution in [0.2, 0.25) is 0 Å². The molecule has 5 aliphatic rings. The third-order valence-corrected chi connectivity index (χ3v) is 17.5. The third kappa shape index (κ3) is 15.2. The van der Waals surface area contributed by atoms with Crippen molar-refractivity contribution in [3.8, 4) is 0 Å². The highest BCUT2D eigenvalue weighted by molar-refractivity contribution is 6.07. The minimum atomic E-state index is -1.56. The van der Waals surface area contributed by atoms with Gasteiger partial charge in [0.1, 0.15) is 52.5 Å². The zero-order chi connectivity index (χ0) is 64.4. The second-order valence-corrected chi connectivity index (χ2v) is 26.5. The molecule has 9 rings (SSSR count). The molecule has 2 unspecified atom stereocenters. The summed E-state index contributed by atoms with van der Waals surface area (Å²) >= 11 is 0. The first kappa shape index (κ1) is 65.8. The molecule has 4 aromatic rings. The first-order chi connectivity index (χ1) is 42.0. The van der Waals surface area contributed by atoms with Crippen molar-refractivity contribution in [3.05, 3.63) is 124 Å². The Morgan fingerprint density at radius 3 is 2.11 bits per heavy atom. The van der Waals surface area contributed by atoms with Crippen LogP contribution in [-0.2, 0) is 61.3 Å². The first-order valence-corrected chi connectivity index (χ1v) is 30.6. The molecule has 5 heterocycles. The molecule has 23 heteroatoms. The van der Waals surface area contributed by atoms with E-state index in [0.717, 1.165) is 34.2 Å². The number of piperazine rings is 1. The number of anilines is 3. The lowest BCUT2D eigenvalue weighted by atomic mass is 9.82. The van der Waals surface area contributed by atoms with Crippen LogP contribution in [-0.4, -0.2) is 180 Å². The van der Waals surface area contributed by atoms with E-state index in [1.165, 1.54) is 37.1 Å². The van der Waals surface area contributed by atoms with Gasteiger partial charge in [-0.1, -0.05) is 36.4 Å². The van der Waals surface area contributed by atoms with Crippen LogP contribution in [0.3, 0.4) is 0 Å². The number of halogens is 3. The molecule has 3 N–H and O–H groups in total. The van der Waals surface area contributed by atoms with Gasteiger partial charge in [-0.05, 0) is 165 Å². The quantitative estimate of drug-likeness (QED) is 0.103. The second kappa shape index (κ2) is 26.8. The first-order valence-electron chi connectivity index (χ1n) is 30.6. The number of amides is 7. The fourth-order valence-electron chi connectivity index (χ4n) is 12.4. The Morgan fingerprint density at radius 2 is 1.45 bits per heavy atom. The number of nitrogens with one attached hydrogen (secondary N) is 3. The van der Waals surface area contributed by atoms with Gasteiger partial charge in [-0.25, -0.2) is 22.8 Å². The minimum Gasteiger partial charge on any atom is -0.444 e. The molecule has 20 nitrogen and oxygen atoms in total. The van der Waals surface area contributed by atoms with Crippen molar-refractivity contribution >= 4 is 58.8 Å². The summed E-state index contributed by atoms with van der Waals surface area (Å²) in [4.78, 5) is 112. The number of benzene rings is 4. The monoisotopic (exact) mass is 1240 g/mol. The number of ether oxygens (including phenoxy) is 4. The summed E-state index contributed by atoms with van der Waals surface area (Å²) in [5, 5.41) is 8.30. The number of likely N-dealkylation sites (N-methyl/N-ethyl adjacent to an activating group) is 1. The van der Waals surface area contributed by atoms with Crippen LogP contribution in [0.15, 0.2) is 78.9 Å². The number of rotatable bonds is 15. The maximum Gasteiger partial charge on any atom is 0.410 e. The molecule has 0 spiro atoms. The van der Waals surface area contributed by atoms with Crippen LogP contribution in [0.5, 0.6) is 0 Å². The summed E-state index contributed by atoms with van der Waals surface area (Å²) in [6.45, 7) is 20.9. The van der Waals surface area contributed by atoms with E-state index in [1.54, 1.807) is 61.8 Å². The van der Waals surface area contributed by atoms with Crippen molar-refractivity contribution in [1.82, 2.24) is 29.8 Å². The van der Waals surface area contributed by atoms with Crippen molar-refractivity contribution in [2.24, 2.45) is 5.92 Å². The fraction of sp³-hybridized carbons (Fsp3) is 0.530. The van der Waals surface area contributed by atoms with Crippen molar-refractivity contribution < 1.29 is 65.7 Å². The largest absolute Gasteiger partial charge is 0.444 e. The summed E-state index contributed by atoms with van der Waals surface area (Å²) in [6.07, 6.45) is -0.119. The van der Waals surface area contributed by atoms with Gasteiger partial charge in [-0.3, -0.25) is 38.7 Å². The maximum atomic E-state index is 15.4. The number of carbonyl (C=O) groups excluding carboxylic acids is 7. The van der Waals surface area contributed by atoms with Gasteiger partial charge < -0.3 is 49.6 Å². The van der Waals surface area contributed by atoms with E-state index in [9.17, 15) is 23.6 Å². The van der Waals surface area contributed by atoms with E-state index >= 15 is 23.2 Å². The normalized spacial score (nSPS) is 22.3. The number of fused-ring (bicyclic) bond motifs is 2. The Morgan fingerprint density at radius 1 is 0.775 bits per heavy atom. The number of morpholine rings is 1. The van der Waals surface area contributed by atoms with Gasteiger partial charge in [-0.15, -0.1) is 0 Å². The Bertz CT molecular complexity index is 3300. The molecule has 3 saturated heterocycles. The third-order valence-electron chi connectivity index (χ3n) is 17.5. The number of hydrogen-bond acceptors (Lipinski definition) is 13. The van der Waals surface area contributed by atoms with E-state index in [2.05, 4.69) is 32.7 Å². The molecule has 4 aromatic carbocycles. The number of hydrogen-bond donors (Lipinski definition) is 3. The van der Waals surface area contributed by atoms with Gasteiger partial charge >= 0.3 is 12.2 Å². The molecule has 0 radical (unpaired) electrons. The average molecular weight is 1240 g/mol. The van der Waals surface area contributed by atoms with Crippen molar-refractivity contribution in [2.75, 3.05) is 88.3 Å². The Hall–Kier alpha value is -7.60. The number of para-hydroxylation sites is 1. The minimum absolute atomic E-state index is 0.0588. The van der Waals surface area contributed by atoms with Gasteiger partial charge in [0.15, 0.2) is 0 Å². The lowest BCUT2D eigenvalue weighted by molar-refractivity contribution is -0.144. The van der Waals surface area contributed by atoms with E-state index < -0.39 is 93.8 Å². The molecule has 0 saturated carbocycles. The summed E-state index contributed by atoms with van der Waals surface area (Å²) in [6, 6.07) is 15.1. The fourth-order valence-corrected chi connectivity index (χ4v) is 12.4. The van der Waals surface area contributed by atoms with E-state index in [1.807, 2.05) is 45.9 Å². The molecule has 480 valence electrons. The zero-order valence-corrected chi connectivity index (χ0v) is 52.8. The van der Waals surface area contributed by atoms with Crippen LogP contribution in [0, 0.1) is 23.4 Å². The van der Waals surface area contributed by atoms with Crippen molar-refractivity contribution in [2.45, 2.75) is 148 Å². The number of carbonyl (C=O) groups is 7. The predicted octanol–water partition coefficient (Wildman–Crippen LogP) is 8.16. The van der Waals surface area contributed by atoms with Crippen LogP contribution in [0.25, 0.3) is 0 Å². The lowest BCUT2D eigenvalue weighted by Gasteiger charge is -2.47. The number of nitrogens with zero attached hydrogens (tertiary/aromatic N) is 6. The van der Waals surface area contributed by atoms with E-state index in [0.29, 0.717) is 75.5 Å². The lowest BCUT2D eigenvalue weighted by Crippen LogP contribution is -2.64. The van der Waals surface area contributed by atoms with Crippen LogP contribution >= 0.6 is 0 Å². The second-order valence-electron chi connectivity index (χ2n) is 26.5. The molecule has 5 aliphatic heterocycles. The summed E-state index contributed by atoms with van der Waals surface area (Å²) in [5.41, 5.74) is -0.195. The summed E-state index contributed by atoms with van der Waals surface area (Å²) in [5.74, 6) is -6.17. The molecule has 7 amide bonds. The summed E-state index contributed by atoms with van der Waals surface area (Å²) in [7, 11) is 1.40. The Kier molecular flexibility index (Phi) is 19.9. The van der Waals surface area contributed by atoms with Crippen LogP contribution in [0.1, 0.15) is 116 Å². The van der Waals surface area contributed by atoms with Gasteiger partial charge in [0.05, 0.1) is 25.2 Å². The molecule has 7 atom stereocenters. The molecule has 0 bridgehead atoms. The predicted molar refractivity (Wildman–Crippen MR) is 327 cm³/mol. The zero-order valence-electron chi connectivity index (χ0n) is 52.8. The average Bonchev–Trinajstić information content (AvgIpc) is 1.70. The molecule has 0 aromatic heterocycles. The van der Waals surface area contributed by atoms with Gasteiger partial charge in [0, 0.05) is 89.0 Å². The summed E-state index contributed by atoms with van der Waals surface area (Å²) < 4.78 is 67.5. The molecule has 0 aliphatic carbocycles. The van der Waals surface area contributed by atoms with Gasteiger partial charge in [0.2, 0.25) is 23.6 Å². The smallest absolute Gasteiger partial charge is 0.410 e.